The average molecular weight is 402 g/mol. The summed E-state index contributed by atoms with van der Waals surface area (Å²) in [4.78, 5) is 40.1. The maximum Gasteiger partial charge on any atom is 0.266 e. The van der Waals surface area contributed by atoms with Crippen molar-refractivity contribution < 1.29 is 9.59 Å². The molecule has 0 atom stereocenters. The SMILES string of the molecule is CCC(=O)Nc1ccc(Cl)c(NC(=O)Cc2c(C)nc3cc(=O)[nH]n3c2C)c1. The normalized spacial score (nSPS) is 10.9. The summed E-state index contributed by atoms with van der Waals surface area (Å²) < 4.78 is 1.56. The zero-order valence-electron chi connectivity index (χ0n) is 15.7. The van der Waals surface area contributed by atoms with Crippen molar-refractivity contribution in [2.45, 2.75) is 33.6 Å². The molecule has 0 aliphatic rings. The van der Waals surface area contributed by atoms with Crippen molar-refractivity contribution in [3.05, 3.63) is 56.6 Å². The summed E-state index contributed by atoms with van der Waals surface area (Å²) in [5.41, 5.74) is 3.31. The molecule has 0 spiro atoms. The molecule has 0 aliphatic carbocycles. The second-order valence-corrected chi connectivity index (χ2v) is 6.80. The second-order valence-electron chi connectivity index (χ2n) is 6.40. The number of hydrogen-bond donors (Lipinski definition) is 3. The van der Waals surface area contributed by atoms with Gasteiger partial charge in [-0.15, -0.1) is 0 Å². The average Bonchev–Trinajstić information content (AvgIpc) is 3.01. The van der Waals surface area contributed by atoms with Gasteiger partial charge in [0.25, 0.3) is 5.56 Å². The Bertz CT molecular complexity index is 1130. The Hall–Kier alpha value is -3.13. The number of aromatic nitrogens is 3. The number of halogens is 1. The molecule has 3 aromatic rings. The zero-order chi connectivity index (χ0) is 20.4. The number of amides is 2. The quantitative estimate of drug-likeness (QED) is 0.610. The topological polar surface area (TPSA) is 108 Å². The number of nitrogens with one attached hydrogen (secondary N) is 3. The van der Waals surface area contributed by atoms with E-state index in [1.165, 1.54) is 6.07 Å². The van der Waals surface area contributed by atoms with Gasteiger partial charge >= 0.3 is 0 Å². The van der Waals surface area contributed by atoms with Crippen LogP contribution in [0.25, 0.3) is 5.65 Å². The molecule has 0 radical (unpaired) electrons. The van der Waals surface area contributed by atoms with Crippen LogP contribution >= 0.6 is 11.6 Å². The van der Waals surface area contributed by atoms with E-state index in [9.17, 15) is 14.4 Å². The van der Waals surface area contributed by atoms with Gasteiger partial charge in [-0.25, -0.2) is 9.50 Å². The molecule has 3 rings (SSSR count). The lowest BCUT2D eigenvalue weighted by Crippen LogP contribution is -2.18. The van der Waals surface area contributed by atoms with Gasteiger partial charge in [0.1, 0.15) is 0 Å². The van der Waals surface area contributed by atoms with Crippen LogP contribution in [-0.4, -0.2) is 26.4 Å². The first-order valence-corrected chi connectivity index (χ1v) is 9.13. The monoisotopic (exact) mass is 401 g/mol. The molecule has 2 heterocycles. The third kappa shape index (κ3) is 4.07. The highest BCUT2D eigenvalue weighted by Crippen LogP contribution is 2.26. The predicted molar refractivity (Wildman–Crippen MR) is 108 cm³/mol. The van der Waals surface area contributed by atoms with Gasteiger partial charge in [0, 0.05) is 35.1 Å². The molecule has 8 nitrogen and oxygen atoms in total. The smallest absolute Gasteiger partial charge is 0.266 e. The molecule has 0 fully saturated rings. The van der Waals surface area contributed by atoms with E-state index in [1.807, 2.05) is 6.92 Å². The van der Waals surface area contributed by atoms with Crippen molar-refractivity contribution in [1.29, 1.82) is 0 Å². The van der Waals surface area contributed by atoms with Crippen LogP contribution in [0.3, 0.4) is 0 Å². The third-order valence-electron chi connectivity index (χ3n) is 4.39. The molecule has 0 saturated heterocycles. The first kappa shape index (κ1) is 19.6. The molecule has 2 amide bonds. The van der Waals surface area contributed by atoms with Crippen LogP contribution in [0.15, 0.2) is 29.1 Å². The van der Waals surface area contributed by atoms with Crippen molar-refractivity contribution in [3.63, 3.8) is 0 Å². The Morgan fingerprint density at radius 1 is 1.18 bits per heavy atom. The van der Waals surface area contributed by atoms with Crippen LogP contribution in [0.1, 0.15) is 30.3 Å². The third-order valence-corrected chi connectivity index (χ3v) is 4.71. The standard InChI is InChI=1S/C19H20ClN5O3/c1-4-17(26)22-12-5-6-14(20)15(7-12)23-18(27)8-13-10(2)21-16-9-19(28)24-25(16)11(13)3/h5-7,9H,4,8H2,1-3H3,(H,22,26)(H,23,27)(H,24,28). The fourth-order valence-corrected chi connectivity index (χ4v) is 3.08. The molecule has 0 unspecified atom stereocenters. The van der Waals surface area contributed by atoms with E-state index in [1.54, 1.807) is 36.6 Å². The lowest BCUT2D eigenvalue weighted by Gasteiger charge is -2.13. The fraction of sp³-hybridized carbons (Fsp3) is 0.263. The van der Waals surface area contributed by atoms with Crippen LogP contribution in [0, 0.1) is 13.8 Å². The molecule has 28 heavy (non-hydrogen) atoms. The molecule has 1 aromatic carbocycles. The highest BCUT2D eigenvalue weighted by molar-refractivity contribution is 6.33. The summed E-state index contributed by atoms with van der Waals surface area (Å²) in [7, 11) is 0. The van der Waals surface area contributed by atoms with E-state index in [0.717, 1.165) is 5.69 Å². The van der Waals surface area contributed by atoms with Crippen molar-refractivity contribution in [2.24, 2.45) is 0 Å². The minimum Gasteiger partial charge on any atom is -0.326 e. The maximum atomic E-state index is 12.6. The van der Waals surface area contributed by atoms with Crippen LogP contribution < -0.4 is 16.2 Å². The molecular weight excluding hydrogens is 382 g/mol. The summed E-state index contributed by atoms with van der Waals surface area (Å²) in [5, 5.41) is 8.52. The molecule has 0 aliphatic heterocycles. The number of carbonyl (C=O) groups excluding carboxylic acids is 2. The van der Waals surface area contributed by atoms with E-state index in [-0.39, 0.29) is 23.8 Å². The predicted octanol–water partition coefficient (Wildman–Crippen LogP) is 2.82. The largest absolute Gasteiger partial charge is 0.326 e. The number of anilines is 2. The van der Waals surface area contributed by atoms with Crippen LogP contribution in [-0.2, 0) is 16.0 Å². The lowest BCUT2D eigenvalue weighted by molar-refractivity contribution is -0.116. The van der Waals surface area contributed by atoms with Crippen LogP contribution in [0.4, 0.5) is 11.4 Å². The highest BCUT2D eigenvalue weighted by atomic mass is 35.5. The number of nitrogens with zero attached hydrogens (tertiary/aromatic N) is 2. The number of fused-ring (bicyclic) bond motifs is 1. The summed E-state index contributed by atoms with van der Waals surface area (Å²) in [6.07, 6.45) is 0.405. The summed E-state index contributed by atoms with van der Waals surface area (Å²) in [6.45, 7) is 5.36. The number of rotatable bonds is 5. The van der Waals surface area contributed by atoms with Gasteiger partial charge in [-0.3, -0.25) is 19.5 Å². The van der Waals surface area contributed by atoms with Gasteiger partial charge in [0.2, 0.25) is 11.8 Å². The van der Waals surface area contributed by atoms with E-state index in [4.69, 9.17) is 11.6 Å². The molecule has 0 bridgehead atoms. The van der Waals surface area contributed by atoms with E-state index in [0.29, 0.717) is 39.7 Å². The summed E-state index contributed by atoms with van der Waals surface area (Å²) >= 11 is 6.17. The van der Waals surface area contributed by atoms with Crippen molar-refractivity contribution in [2.75, 3.05) is 10.6 Å². The second kappa shape index (κ2) is 7.85. The number of aromatic amines is 1. The molecular formula is C19H20ClN5O3. The fourth-order valence-electron chi connectivity index (χ4n) is 2.91. The number of hydrogen-bond acceptors (Lipinski definition) is 4. The highest BCUT2D eigenvalue weighted by Gasteiger charge is 2.15. The Morgan fingerprint density at radius 2 is 1.93 bits per heavy atom. The summed E-state index contributed by atoms with van der Waals surface area (Å²) in [6, 6.07) is 6.29. The lowest BCUT2D eigenvalue weighted by atomic mass is 10.1. The molecule has 0 saturated carbocycles. The van der Waals surface area contributed by atoms with E-state index in [2.05, 4.69) is 20.7 Å². The molecule has 2 aromatic heterocycles. The van der Waals surface area contributed by atoms with Crippen molar-refractivity contribution in [3.8, 4) is 0 Å². The zero-order valence-corrected chi connectivity index (χ0v) is 16.5. The first-order valence-electron chi connectivity index (χ1n) is 8.75. The summed E-state index contributed by atoms with van der Waals surface area (Å²) in [5.74, 6) is -0.423. The van der Waals surface area contributed by atoms with Gasteiger partial charge in [-0.1, -0.05) is 18.5 Å². The van der Waals surface area contributed by atoms with Gasteiger partial charge in [0.15, 0.2) is 5.65 Å². The minimum atomic E-state index is -0.289. The van der Waals surface area contributed by atoms with E-state index < -0.39 is 0 Å². The minimum absolute atomic E-state index is 0.0582. The van der Waals surface area contributed by atoms with Crippen molar-refractivity contribution in [1.82, 2.24) is 14.6 Å². The Kier molecular flexibility index (Phi) is 5.51. The number of aryl methyl sites for hydroxylation is 2. The number of benzene rings is 1. The van der Waals surface area contributed by atoms with E-state index >= 15 is 0 Å². The number of H-pyrrole nitrogens is 1. The van der Waals surface area contributed by atoms with Gasteiger partial charge in [-0.05, 0) is 32.0 Å². The Morgan fingerprint density at radius 3 is 2.64 bits per heavy atom. The molecule has 146 valence electrons. The number of carbonyl (C=O) groups is 2. The molecule has 9 heteroatoms. The van der Waals surface area contributed by atoms with Crippen LogP contribution in [0.5, 0.6) is 0 Å². The van der Waals surface area contributed by atoms with Gasteiger partial charge in [0.05, 0.1) is 17.1 Å². The first-order chi connectivity index (χ1) is 13.3. The van der Waals surface area contributed by atoms with Gasteiger partial charge < -0.3 is 10.6 Å². The molecule has 3 N–H and O–H groups in total. The van der Waals surface area contributed by atoms with Crippen LogP contribution in [0.2, 0.25) is 5.02 Å². The van der Waals surface area contributed by atoms with Gasteiger partial charge in [-0.2, -0.15) is 0 Å². The van der Waals surface area contributed by atoms with Crippen molar-refractivity contribution >= 4 is 40.4 Å². The Labute approximate surface area is 165 Å². The maximum absolute atomic E-state index is 12.6. The Balaban J connectivity index is 1.83.